The minimum absolute atomic E-state index is 0.220. The predicted molar refractivity (Wildman–Crippen MR) is 77.7 cm³/mol. The van der Waals surface area contributed by atoms with Gasteiger partial charge in [0, 0.05) is 17.5 Å². The molecule has 0 aliphatic heterocycles. The van der Waals surface area contributed by atoms with E-state index < -0.39 is 0 Å². The second-order valence-electron chi connectivity index (χ2n) is 4.66. The van der Waals surface area contributed by atoms with Gasteiger partial charge in [0.25, 0.3) is 5.91 Å². The minimum Gasteiger partial charge on any atom is -0.451 e. The zero-order valence-electron chi connectivity index (χ0n) is 11.6. The molecule has 0 spiro atoms. The van der Waals surface area contributed by atoms with Crippen molar-refractivity contribution in [3.8, 4) is 0 Å². The number of hydrogen-bond acceptors (Lipinski definition) is 5. The van der Waals surface area contributed by atoms with E-state index in [-0.39, 0.29) is 18.2 Å². The summed E-state index contributed by atoms with van der Waals surface area (Å²) in [5.74, 6) is 1.18. The summed E-state index contributed by atoms with van der Waals surface area (Å²) in [5.41, 5.74) is 6.95. The van der Waals surface area contributed by atoms with Gasteiger partial charge in [0.1, 0.15) is 11.3 Å². The molecule has 0 atom stereocenters. The highest BCUT2D eigenvalue weighted by molar-refractivity contribution is 5.96. The van der Waals surface area contributed by atoms with Crippen LogP contribution in [-0.4, -0.2) is 10.9 Å². The van der Waals surface area contributed by atoms with Gasteiger partial charge in [-0.05, 0) is 24.3 Å². The first kappa shape index (κ1) is 13.2. The molecule has 0 aliphatic carbocycles. The third-order valence-electron chi connectivity index (χ3n) is 3.11. The Balaban J connectivity index is 1.71. The number of nitrogens with two attached hydrogens (primary N) is 1. The molecule has 2 heterocycles. The second kappa shape index (κ2) is 5.32. The van der Waals surface area contributed by atoms with Crippen molar-refractivity contribution in [2.24, 2.45) is 0 Å². The van der Waals surface area contributed by atoms with Crippen LogP contribution in [0.15, 0.2) is 39.3 Å². The molecule has 1 aromatic carbocycles. The van der Waals surface area contributed by atoms with Gasteiger partial charge in [0.05, 0.1) is 12.7 Å². The normalized spacial score (nSPS) is 10.9. The number of oxazole rings is 1. The second-order valence-corrected chi connectivity index (χ2v) is 4.66. The maximum atomic E-state index is 12.0. The molecular weight excluding hydrogens is 270 g/mol. The molecule has 0 unspecified atom stereocenters. The summed E-state index contributed by atoms with van der Waals surface area (Å²) < 4.78 is 10.9. The lowest BCUT2D eigenvalue weighted by molar-refractivity contribution is 0.0921. The Hall–Kier alpha value is -2.76. The monoisotopic (exact) mass is 285 g/mol. The van der Waals surface area contributed by atoms with Crippen LogP contribution < -0.4 is 11.1 Å². The molecule has 0 radical (unpaired) electrons. The third kappa shape index (κ3) is 2.74. The van der Waals surface area contributed by atoms with Crippen LogP contribution in [0.2, 0.25) is 0 Å². The number of aromatic nitrogens is 1. The van der Waals surface area contributed by atoms with Gasteiger partial charge in [0.15, 0.2) is 5.76 Å². The highest BCUT2D eigenvalue weighted by Crippen LogP contribution is 2.21. The van der Waals surface area contributed by atoms with Gasteiger partial charge in [-0.15, -0.1) is 0 Å². The van der Waals surface area contributed by atoms with E-state index in [4.69, 9.17) is 14.6 Å². The summed E-state index contributed by atoms with van der Waals surface area (Å²) in [6, 6.07) is 6.89. The topological polar surface area (TPSA) is 94.3 Å². The molecule has 3 N–H and O–H groups in total. The number of rotatable bonds is 4. The Morgan fingerprint density at radius 2 is 2.19 bits per heavy atom. The van der Waals surface area contributed by atoms with E-state index >= 15 is 0 Å². The van der Waals surface area contributed by atoms with Crippen LogP contribution in [0.25, 0.3) is 11.0 Å². The van der Waals surface area contributed by atoms with E-state index in [2.05, 4.69) is 10.3 Å². The number of hydrogen-bond donors (Lipinski definition) is 2. The smallest absolute Gasteiger partial charge is 0.287 e. The summed E-state index contributed by atoms with van der Waals surface area (Å²) >= 11 is 0. The number of aryl methyl sites for hydroxylation is 1. The standard InChI is InChI=1S/C15H15N3O3/c1-2-11-7-17-14(20-11)8-18-15(19)13-6-9-5-10(16)3-4-12(9)21-13/h3-7H,2,8,16H2,1H3,(H,18,19). The summed E-state index contributed by atoms with van der Waals surface area (Å²) in [7, 11) is 0. The average molecular weight is 285 g/mol. The van der Waals surface area contributed by atoms with Crippen LogP contribution in [-0.2, 0) is 13.0 Å². The molecule has 0 aliphatic rings. The van der Waals surface area contributed by atoms with Crippen LogP contribution >= 0.6 is 0 Å². The van der Waals surface area contributed by atoms with Crippen LogP contribution in [0.4, 0.5) is 5.69 Å². The first-order valence-corrected chi connectivity index (χ1v) is 6.66. The zero-order chi connectivity index (χ0) is 14.8. The van der Waals surface area contributed by atoms with Crippen molar-refractivity contribution >= 4 is 22.6 Å². The predicted octanol–water partition coefficient (Wildman–Crippen LogP) is 2.50. The molecule has 6 heteroatoms. The van der Waals surface area contributed by atoms with E-state index in [1.165, 1.54) is 0 Å². The van der Waals surface area contributed by atoms with Crippen molar-refractivity contribution in [2.75, 3.05) is 5.73 Å². The zero-order valence-corrected chi connectivity index (χ0v) is 11.6. The lowest BCUT2D eigenvalue weighted by Gasteiger charge is -1.98. The van der Waals surface area contributed by atoms with Crippen molar-refractivity contribution in [1.82, 2.24) is 10.3 Å². The molecule has 2 aromatic heterocycles. The number of anilines is 1. The van der Waals surface area contributed by atoms with Crippen molar-refractivity contribution in [1.29, 1.82) is 0 Å². The van der Waals surface area contributed by atoms with E-state index in [9.17, 15) is 4.79 Å². The van der Waals surface area contributed by atoms with Gasteiger partial charge in [-0.3, -0.25) is 4.79 Å². The number of nitrogens with zero attached hydrogens (tertiary/aromatic N) is 1. The highest BCUT2D eigenvalue weighted by Gasteiger charge is 2.13. The Labute approximate surface area is 120 Å². The Kier molecular flexibility index (Phi) is 3.35. The molecule has 0 fully saturated rings. The number of carbonyl (C=O) groups excluding carboxylic acids is 1. The molecule has 21 heavy (non-hydrogen) atoms. The van der Waals surface area contributed by atoms with Gasteiger partial charge in [-0.2, -0.15) is 0 Å². The number of fused-ring (bicyclic) bond motifs is 1. The summed E-state index contributed by atoms with van der Waals surface area (Å²) in [4.78, 5) is 16.1. The highest BCUT2D eigenvalue weighted by atomic mass is 16.4. The van der Waals surface area contributed by atoms with Crippen molar-refractivity contribution in [3.63, 3.8) is 0 Å². The lowest BCUT2D eigenvalue weighted by atomic mass is 10.2. The number of furan rings is 1. The number of carbonyl (C=O) groups is 1. The van der Waals surface area contributed by atoms with E-state index in [1.807, 2.05) is 6.92 Å². The van der Waals surface area contributed by atoms with Gasteiger partial charge < -0.3 is 19.9 Å². The van der Waals surface area contributed by atoms with Gasteiger partial charge >= 0.3 is 0 Å². The van der Waals surface area contributed by atoms with E-state index in [0.717, 1.165) is 17.6 Å². The fourth-order valence-corrected chi connectivity index (χ4v) is 2.01. The van der Waals surface area contributed by atoms with Crippen molar-refractivity contribution in [2.45, 2.75) is 19.9 Å². The SMILES string of the molecule is CCc1cnc(CNC(=O)c2cc3cc(N)ccc3o2)o1. The molecule has 108 valence electrons. The Bertz CT molecular complexity index is 788. The quantitative estimate of drug-likeness (QED) is 0.718. The number of amides is 1. The average Bonchev–Trinajstić information content (AvgIpc) is 3.10. The van der Waals surface area contributed by atoms with Gasteiger partial charge in [-0.1, -0.05) is 6.92 Å². The van der Waals surface area contributed by atoms with Crippen LogP contribution in [0.5, 0.6) is 0 Å². The summed E-state index contributed by atoms with van der Waals surface area (Å²) in [6.45, 7) is 2.20. The molecule has 3 aromatic rings. The fraction of sp³-hybridized carbons (Fsp3) is 0.200. The summed E-state index contributed by atoms with van der Waals surface area (Å²) in [5, 5.41) is 3.50. The Morgan fingerprint density at radius 1 is 1.33 bits per heavy atom. The number of nitrogen functional groups attached to an aromatic ring is 1. The molecular formula is C15H15N3O3. The first-order chi connectivity index (χ1) is 10.2. The molecule has 3 rings (SSSR count). The largest absolute Gasteiger partial charge is 0.451 e. The van der Waals surface area contributed by atoms with E-state index in [1.54, 1.807) is 30.5 Å². The Morgan fingerprint density at radius 3 is 2.95 bits per heavy atom. The third-order valence-corrected chi connectivity index (χ3v) is 3.11. The van der Waals surface area contributed by atoms with Crippen LogP contribution in [0.3, 0.4) is 0 Å². The fourth-order valence-electron chi connectivity index (χ4n) is 2.01. The van der Waals surface area contributed by atoms with Crippen LogP contribution in [0.1, 0.15) is 29.1 Å². The minimum atomic E-state index is -0.319. The summed E-state index contributed by atoms with van der Waals surface area (Å²) in [6.07, 6.45) is 2.43. The lowest BCUT2D eigenvalue weighted by Crippen LogP contribution is -2.22. The number of nitrogens with one attached hydrogen (secondary N) is 1. The maximum absolute atomic E-state index is 12.0. The molecule has 0 bridgehead atoms. The van der Waals surface area contributed by atoms with Gasteiger partial charge in [0.2, 0.25) is 5.89 Å². The number of benzene rings is 1. The van der Waals surface area contributed by atoms with E-state index in [0.29, 0.717) is 17.2 Å². The molecule has 6 nitrogen and oxygen atoms in total. The van der Waals surface area contributed by atoms with Crippen LogP contribution in [0, 0.1) is 0 Å². The van der Waals surface area contributed by atoms with Gasteiger partial charge in [-0.25, -0.2) is 4.98 Å². The molecule has 0 saturated carbocycles. The maximum Gasteiger partial charge on any atom is 0.287 e. The first-order valence-electron chi connectivity index (χ1n) is 6.66. The molecule has 0 saturated heterocycles. The van der Waals surface area contributed by atoms with Crippen molar-refractivity contribution < 1.29 is 13.6 Å². The van der Waals surface area contributed by atoms with Crippen molar-refractivity contribution in [3.05, 3.63) is 47.9 Å². The molecule has 1 amide bonds.